The predicted octanol–water partition coefficient (Wildman–Crippen LogP) is 4.11. The minimum Gasteiger partial charge on any atom is -0.463 e. The molecule has 0 radical (unpaired) electrons. The first kappa shape index (κ1) is 22.4. The van der Waals surface area contributed by atoms with E-state index in [1.165, 1.54) is 30.3 Å². The fourth-order valence-corrected chi connectivity index (χ4v) is 4.48. The Labute approximate surface area is 180 Å². The SMILES string of the molecule is CC(C)OC(=O)CC(NS(=O)(=O)c1ccc2ccccc2c1)c1ccccc1[N+](=O)[O-]. The second-order valence-electron chi connectivity index (χ2n) is 7.24. The normalized spacial score (nSPS) is 12.6. The van der Waals surface area contributed by atoms with E-state index in [1.807, 2.05) is 12.1 Å². The number of para-hydroxylation sites is 1. The van der Waals surface area contributed by atoms with Crippen molar-refractivity contribution in [1.82, 2.24) is 4.72 Å². The van der Waals surface area contributed by atoms with Gasteiger partial charge in [0.05, 0.1) is 28.4 Å². The summed E-state index contributed by atoms with van der Waals surface area (Å²) >= 11 is 0. The van der Waals surface area contributed by atoms with E-state index >= 15 is 0 Å². The van der Waals surface area contributed by atoms with Gasteiger partial charge in [-0.3, -0.25) is 14.9 Å². The Kier molecular flexibility index (Phi) is 6.67. The lowest BCUT2D eigenvalue weighted by molar-refractivity contribution is -0.385. The summed E-state index contributed by atoms with van der Waals surface area (Å²) in [5.41, 5.74) is -0.205. The molecule has 1 atom stereocenters. The number of nitrogens with zero attached hydrogens (tertiary/aromatic N) is 1. The van der Waals surface area contributed by atoms with E-state index in [9.17, 15) is 23.3 Å². The highest BCUT2D eigenvalue weighted by molar-refractivity contribution is 7.89. The maximum atomic E-state index is 13.1. The number of carbonyl (C=O) groups is 1. The summed E-state index contributed by atoms with van der Waals surface area (Å²) in [5.74, 6) is -0.667. The van der Waals surface area contributed by atoms with E-state index in [1.54, 1.807) is 38.1 Å². The molecule has 0 saturated carbocycles. The van der Waals surface area contributed by atoms with Crippen molar-refractivity contribution in [3.63, 3.8) is 0 Å². The van der Waals surface area contributed by atoms with Crippen molar-refractivity contribution in [2.24, 2.45) is 0 Å². The molecule has 0 aliphatic rings. The summed E-state index contributed by atoms with van der Waals surface area (Å²) < 4.78 is 33.8. The lowest BCUT2D eigenvalue weighted by atomic mass is 10.0. The third kappa shape index (κ3) is 5.44. The Hall–Kier alpha value is -3.30. The van der Waals surface area contributed by atoms with Gasteiger partial charge < -0.3 is 4.74 Å². The molecule has 3 aromatic carbocycles. The number of nitro groups is 1. The zero-order chi connectivity index (χ0) is 22.6. The second-order valence-corrected chi connectivity index (χ2v) is 8.96. The molecule has 8 nitrogen and oxygen atoms in total. The van der Waals surface area contributed by atoms with E-state index in [0.717, 1.165) is 10.8 Å². The van der Waals surface area contributed by atoms with Gasteiger partial charge in [-0.15, -0.1) is 0 Å². The smallest absolute Gasteiger partial charge is 0.308 e. The monoisotopic (exact) mass is 442 g/mol. The molecule has 0 amide bonds. The van der Waals surface area contributed by atoms with E-state index in [4.69, 9.17) is 4.74 Å². The van der Waals surface area contributed by atoms with Gasteiger partial charge in [0.15, 0.2) is 0 Å². The van der Waals surface area contributed by atoms with Crippen molar-refractivity contribution < 1.29 is 22.9 Å². The Bertz CT molecular complexity index is 1220. The molecule has 0 aromatic heterocycles. The Morgan fingerprint density at radius 1 is 1.03 bits per heavy atom. The quantitative estimate of drug-likeness (QED) is 0.319. The number of hydrogen-bond donors (Lipinski definition) is 1. The van der Waals surface area contributed by atoms with Crippen LogP contribution in [0.4, 0.5) is 5.69 Å². The van der Waals surface area contributed by atoms with Gasteiger partial charge in [0.1, 0.15) is 0 Å². The molecule has 1 unspecified atom stereocenters. The molecule has 0 bridgehead atoms. The Morgan fingerprint density at radius 3 is 2.35 bits per heavy atom. The molecule has 3 rings (SSSR count). The third-order valence-electron chi connectivity index (χ3n) is 4.58. The molecule has 162 valence electrons. The average Bonchev–Trinajstić information content (AvgIpc) is 2.72. The minimum atomic E-state index is -4.10. The zero-order valence-corrected chi connectivity index (χ0v) is 17.8. The van der Waals surface area contributed by atoms with Crippen molar-refractivity contribution in [2.45, 2.75) is 37.3 Å². The van der Waals surface area contributed by atoms with Gasteiger partial charge in [0.2, 0.25) is 10.0 Å². The van der Waals surface area contributed by atoms with Crippen LogP contribution in [0.5, 0.6) is 0 Å². The van der Waals surface area contributed by atoms with E-state index in [0.29, 0.717) is 0 Å². The molecule has 0 fully saturated rings. The summed E-state index contributed by atoms with van der Waals surface area (Å²) in [7, 11) is -4.10. The fraction of sp³-hybridized carbons (Fsp3) is 0.227. The third-order valence-corrected chi connectivity index (χ3v) is 6.04. The van der Waals surface area contributed by atoms with E-state index < -0.39 is 39.5 Å². The largest absolute Gasteiger partial charge is 0.463 e. The molecule has 0 aliphatic heterocycles. The van der Waals surface area contributed by atoms with Crippen molar-refractivity contribution in [3.05, 3.63) is 82.4 Å². The van der Waals surface area contributed by atoms with Gasteiger partial charge >= 0.3 is 5.97 Å². The van der Waals surface area contributed by atoms with Crippen molar-refractivity contribution >= 4 is 32.5 Å². The predicted molar refractivity (Wildman–Crippen MR) is 116 cm³/mol. The van der Waals surface area contributed by atoms with Crippen LogP contribution in [0.3, 0.4) is 0 Å². The van der Waals surface area contributed by atoms with Crippen LogP contribution < -0.4 is 4.72 Å². The minimum absolute atomic E-state index is 0.00740. The maximum Gasteiger partial charge on any atom is 0.308 e. The van der Waals surface area contributed by atoms with Crippen LogP contribution in [0.1, 0.15) is 31.9 Å². The highest BCUT2D eigenvalue weighted by atomic mass is 32.2. The van der Waals surface area contributed by atoms with Crippen molar-refractivity contribution in [1.29, 1.82) is 0 Å². The molecular weight excluding hydrogens is 420 g/mol. The van der Waals surface area contributed by atoms with Crippen LogP contribution in [0, 0.1) is 10.1 Å². The highest BCUT2D eigenvalue weighted by Gasteiger charge is 2.29. The number of esters is 1. The van der Waals surface area contributed by atoms with Crippen LogP contribution in [-0.4, -0.2) is 25.4 Å². The first-order valence-corrected chi connectivity index (χ1v) is 11.1. The average molecular weight is 442 g/mol. The number of nitrogens with one attached hydrogen (secondary N) is 1. The molecule has 0 heterocycles. The van der Waals surface area contributed by atoms with Crippen molar-refractivity contribution in [3.8, 4) is 0 Å². The number of benzene rings is 3. The van der Waals surface area contributed by atoms with Crippen LogP contribution in [-0.2, 0) is 19.6 Å². The number of fused-ring (bicyclic) bond motifs is 1. The molecule has 0 saturated heterocycles. The number of hydrogen-bond acceptors (Lipinski definition) is 6. The van der Waals surface area contributed by atoms with Gasteiger partial charge in [-0.2, -0.15) is 0 Å². The summed E-state index contributed by atoms with van der Waals surface area (Å²) in [5, 5.41) is 13.1. The van der Waals surface area contributed by atoms with Gasteiger partial charge in [-0.05, 0) is 36.8 Å². The molecule has 0 aliphatic carbocycles. The topological polar surface area (TPSA) is 116 Å². The molecule has 3 aromatic rings. The molecule has 9 heteroatoms. The highest BCUT2D eigenvalue weighted by Crippen LogP contribution is 2.29. The fourth-order valence-electron chi connectivity index (χ4n) is 3.23. The molecular formula is C22H22N2O6S. The number of nitro benzene ring substituents is 1. The van der Waals surface area contributed by atoms with Crippen LogP contribution >= 0.6 is 0 Å². The Morgan fingerprint density at radius 2 is 1.68 bits per heavy atom. The standard InChI is InChI=1S/C22H22N2O6S/c1-15(2)30-22(25)14-20(19-9-5-6-10-21(19)24(26)27)23-31(28,29)18-12-11-16-7-3-4-8-17(16)13-18/h3-13,15,20,23H,14H2,1-2H3. The molecule has 1 N–H and O–H groups in total. The van der Waals surface area contributed by atoms with E-state index in [-0.39, 0.29) is 16.1 Å². The lowest BCUT2D eigenvalue weighted by Gasteiger charge is -2.19. The maximum absolute atomic E-state index is 13.1. The van der Waals surface area contributed by atoms with Gasteiger partial charge in [0.25, 0.3) is 5.69 Å². The summed E-state index contributed by atoms with van der Waals surface area (Å²) in [4.78, 5) is 23.2. The molecule has 0 spiro atoms. The van der Waals surface area contributed by atoms with E-state index in [2.05, 4.69) is 4.72 Å². The van der Waals surface area contributed by atoms with Crippen molar-refractivity contribution in [2.75, 3.05) is 0 Å². The van der Waals surface area contributed by atoms with Gasteiger partial charge in [-0.1, -0.05) is 48.5 Å². The first-order chi connectivity index (χ1) is 14.7. The lowest BCUT2D eigenvalue weighted by Crippen LogP contribution is -2.31. The second kappa shape index (κ2) is 9.23. The van der Waals surface area contributed by atoms with Gasteiger partial charge in [-0.25, -0.2) is 13.1 Å². The number of ether oxygens (including phenoxy) is 1. The summed E-state index contributed by atoms with van der Waals surface area (Å²) in [6, 6.07) is 16.5. The van der Waals surface area contributed by atoms with Crippen LogP contribution in [0.2, 0.25) is 0 Å². The van der Waals surface area contributed by atoms with Gasteiger partial charge in [0, 0.05) is 11.6 Å². The number of sulfonamides is 1. The molecule has 31 heavy (non-hydrogen) atoms. The first-order valence-electron chi connectivity index (χ1n) is 9.61. The number of carbonyl (C=O) groups excluding carboxylic acids is 1. The summed E-state index contributed by atoms with van der Waals surface area (Å²) in [6.45, 7) is 3.33. The van der Waals surface area contributed by atoms with Crippen LogP contribution in [0.25, 0.3) is 10.8 Å². The summed E-state index contributed by atoms with van der Waals surface area (Å²) in [6.07, 6.45) is -0.799. The zero-order valence-electron chi connectivity index (χ0n) is 17.0. The number of rotatable bonds is 8. The Balaban J connectivity index is 2.00. The van der Waals surface area contributed by atoms with Crippen LogP contribution in [0.15, 0.2) is 71.6 Å².